The van der Waals surface area contributed by atoms with E-state index in [-0.39, 0.29) is 12.7 Å². The molecule has 15 heteroatoms. The normalized spacial score (nSPS) is 15.7. The van der Waals surface area contributed by atoms with Crippen molar-refractivity contribution in [2.75, 3.05) is 13.2 Å². The molecule has 1 atom stereocenters. The monoisotopic (exact) mass is 483 g/mol. The van der Waals surface area contributed by atoms with Crippen molar-refractivity contribution in [3.8, 4) is 5.75 Å². The van der Waals surface area contributed by atoms with Crippen LogP contribution in [-0.4, -0.2) is 55.1 Å². The lowest BCUT2D eigenvalue weighted by atomic mass is 9.92. The first kappa shape index (κ1) is 27.1. The molecule has 0 heterocycles. The summed E-state index contributed by atoms with van der Waals surface area (Å²) in [7, 11) is 0. The van der Waals surface area contributed by atoms with E-state index in [4.69, 9.17) is 4.74 Å². The van der Waals surface area contributed by atoms with Crippen LogP contribution in [0.1, 0.15) is 6.92 Å². The third kappa shape index (κ3) is 4.65. The van der Waals surface area contributed by atoms with E-state index in [1.807, 2.05) is 0 Å². The summed E-state index contributed by atoms with van der Waals surface area (Å²) in [5, 5.41) is 0. The minimum atomic E-state index is -7.93. The molecule has 0 saturated heterocycles. The molecule has 0 saturated carbocycles. The van der Waals surface area contributed by atoms with Crippen LogP contribution < -0.4 is 4.74 Å². The van der Waals surface area contributed by atoms with Crippen LogP contribution >= 0.6 is 0 Å². The Kier molecular flexibility index (Phi) is 7.47. The number of hydrogen-bond acceptors (Lipinski definition) is 2. The molecule has 31 heavy (non-hydrogen) atoms. The summed E-state index contributed by atoms with van der Waals surface area (Å²) < 4.78 is 179. The Hall–Kier alpha value is -1.93. The molecule has 2 nitrogen and oxygen atoms in total. The summed E-state index contributed by atoms with van der Waals surface area (Å²) in [6.07, 6.45) is -10.8. The second-order valence-corrected chi connectivity index (χ2v) is 6.02. The number of benzene rings is 1. The zero-order valence-electron chi connectivity index (χ0n) is 15.0. The van der Waals surface area contributed by atoms with Gasteiger partial charge in [-0.3, -0.25) is 0 Å². The van der Waals surface area contributed by atoms with Gasteiger partial charge in [-0.25, -0.2) is 0 Å². The molecule has 0 fully saturated rings. The van der Waals surface area contributed by atoms with Gasteiger partial charge in [0.25, 0.3) is 0 Å². The fourth-order valence-electron chi connectivity index (χ4n) is 1.99. The van der Waals surface area contributed by atoms with Crippen molar-refractivity contribution in [3.05, 3.63) is 30.3 Å². The maximum absolute atomic E-state index is 13.8. The van der Waals surface area contributed by atoms with Crippen LogP contribution in [0.15, 0.2) is 24.3 Å². The molecule has 0 aliphatic carbocycles. The number of halogens is 13. The van der Waals surface area contributed by atoms with Crippen LogP contribution in [-0.2, 0) is 4.74 Å². The average Bonchev–Trinajstić information content (AvgIpc) is 2.64. The quantitative estimate of drug-likeness (QED) is 0.300. The van der Waals surface area contributed by atoms with Gasteiger partial charge in [-0.2, -0.15) is 57.1 Å². The first-order valence-electron chi connectivity index (χ1n) is 7.91. The van der Waals surface area contributed by atoms with Crippen molar-refractivity contribution in [3.63, 3.8) is 0 Å². The molecule has 179 valence electrons. The maximum atomic E-state index is 13.8. The molecule has 1 radical (unpaired) electrons. The molecule has 0 aromatic heterocycles. The van der Waals surface area contributed by atoms with E-state index in [1.165, 1.54) is 24.3 Å². The summed E-state index contributed by atoms with van der Waals surface area (Å²) in [6.45, 7) is -1.62. The van der Waals surface area contributed by atoms with E-state index in [9.17, 15) is 57.1 Å². The van der Waals surface area contributed by atoms with Gasteiger partial charge in [0.1, 0.15) is 18.5 Å². The van der Waals surface area contributed by atoms with E-state index in [1.54, 1.807) is 0 Å². The molecule has 0 aliphatic rings. The topological polar surface area (TPSA) is 18.5 Å². The van der Waals surface area contributed by atoms with Gasteiger partial charge >= 0.3 is 35.8 Å². The molecule has 1 unspecified atom stereocenters. The average molecular weight is 483 g/mol. The second-order valence-electron chi connectivity index (χ2n) is 6.02. The van der Waals surface area contributed by atoms with E-state index in [2.05, 4.69) is 10.8 Å². The summed E-state index contributed by atoms with van der Waals surface area (Å²) in [5.74, 6) is -37.1. The predicted octanol–water partition coefficient (Wildman–Crippen LogP) is 6.01. The maximum Gasteiger partial charge on any atom is 0.460 e. The highest BCUT2D eigenvalue weighted by molar-refractivity contribution is 5.20. The van der Waals surface area contributed by atoms with Crippen molar-refractivity contribution in [1.29, 1.82) is 0 Å². The number of ether oxygens (including phenoxy) is 2. The highest BCUT2D eigenvalue weighted by atomic mass is 19.4. The molecule has 0 spiro atoms. The largest absolute Gasteiger partial charge is 0.491 e. The van der Waals surface area contributed by atoms with Gasteiger partial charge in [0.2, 0.25) is 0 Å². The zero-order chi connectivity index (χ0) is 24.5. The highest BCUT2D eigenvalue weighted by Gasteiger charge is 2.91. The van der Waals surface area contributed by atoms with Crippen molar-refractivity contribution in [2.45, 2.75) is 48.8 Å². The minimum Gasteiger partial charge on any atom is -0.491 e. The summed E-state index contributed by atoms with van der Waals surface area (Å²) in [4.78, 5) is 0. The smallest absolute Gasteiger partial charge is 0.460 e. The number of rotatable bonds is 10. The summed E-state index contributed by atoms with van der Waals surface area (Å²) >= 11 is 0. The zero-order valence-corrected chi connectivity index (χ0v) is 15.0. The Morgan fingerprint density at radius 1 is 0.710 bits per heavy atom. The molecule has 0 N–H and O–H groups in total. The molecular formula is C16H12F13O2. The Balaban J connectivity index is 3.01. The van der Waals surface area contributed by atoms with E-state index in [0.717, 1.165) is 0 Å². The Labute approximate surface area is 165 Å². The number of hydrogen-bond donors (Lipinski definition) is 0. The van der Waals surface area contributed by atoms with Gasteiger partial charge in [-0.1, -0.05) is 12.1 Å². The molecule has 1 rings (SSSR count). The predicted molar refractivity (Wildman–Crippen MR) is 77.0 cm³/mol. The van der Waals surface area contributed by atoms with E-state index in [0.29, 0.717) is 0 Å². The van der Waals surface area contributed by atoms with Crippen LogP contribution in [0, 0.1) is 6.07 Å². The van der Waals surface area contributed by atoms with Crippen molar-refractivity contribution in [2.24, 2.45) is 0 Å². The third-order valence-electron chi connectivity index (χ3n) is 3.88. The fourth-order valence-corrected chi connectivity index (χ4v) is 1.99. The molecule has 0 amide bonds. The van der Waals surface area contributed by atoms with Gasteiger partial charge in [-0.05, 0) is 25.1 Å². The van der Waals surface area contributed by atoms with Crippen LogP contribution in [0.3, 0.4) is 0 Å². The Morgan fingerprint density at radius 2 is 1.16 bits per heavy atom. The van der Waals surface area contributed by atoms with Gasteiger partial charge in [0.15, 0.2) is 0 Å². The van der Waals surface area contributed by atoms with Crippen molar-refractivity contribution in [1.82, 2.24) is 0 Å². The van der Waals surface area contributed by atoms with E-state index >= 15 is 0 Å². The van der Waals surface area contributed by atoms with Gasteiger partial charge in [0, 0.05) is 0 Å². The third-order valence-corrected chi connectivity index (χ3v) is 3.88. The van der Waals surface area contributed by atoms with Crippen LogP contribution in [0.25, 0.3) is 0 Å². The first-order valence-corrected chi connectivity index (χ1v) is 7.91. The molecule has 1 aromatic carbocycles. The van der Waals surface area contributed by atoms with Crippen molar-refractivity contribution >= 4 is 0 Å². The molecule has 1 aromatic rings. The Morgan fingerprint density at radius 3 is 1.61 bits per heavy atom. The second kappa shape index (κ2) is 8.54. The van der Waals surface area contributed by atoms with Crippen LogP contribution in [0.2, 0.25) is 0 Å². The number of alkyl halides is 13. The summed E-state index contributed by atoms with van der Waals surface area (Å²) in [5.41, 5.74) is 0. The van der Waals surface area contributed by atoms with Crippen LogP contribution in [0.5, 0.6) is 5.75 Å². The lowest BCUT2D eigenvalue weighted by Crippen LogP contribution is -2.71. The molecule has 0 bridgehead atoms. The lowest BCUT2D eigenvalue weighted by Gasteiger charge is -2.41. The minimum absolute atomic E-state index is 0.00150. The summed E-state index contributed by atoms with van der Waals surface area (Å²) in [6, 6.07) is 7.91. The van der Waals surface area contributed by atoms with Gasteiger partial charge in [-0.15, -0.1) is 0 Å². The SMILES string of the molecule is CC(OCCOc1cc[c]cc1)C(F)(F)C(F)(F)C(F)(F)C(F)(F)C(F)(F)C(F)(F)F. The Bertz CT molecular complexity index is 716. The fraction of sp³-hybridized carbons (Fsp3) is 0.625. The van der Waals surface area contributed by atoms with E-state index < -0.39 is 55.1 Å². The van der Waals surface area contributed by atoms with Crippen molar-refractivity contribution < 1.29 is 66.5 Å². The van der Waals surface area contributed by atoms with Crippen LogP contribution in [0.4, 0.5) is 57.1 Å². The van der Waals surface area contributed by atoms with Gasteiger partial charge in [0.05, 0.1) is 6.61 Å². The highest BCUT2D eigenvalue weighted by Crippen LogP contribution is 2.60. The molecule has 0 aliphatic heterocycles. The lowest BCUT2D eigenvalue weighted by molar-refractivity contribution is -0.444. The van der Waals surface area contributed by atoms with Gasteiger partial charge < -0.3 is 9.47 Å². The molecular weight excluding hydrogens is 471 g/mol. The first-order chi connectivity index (χ1) is 13.7. The standard InChI is InChI=1S/C16H12F13O2/c1-9(30-7-8-31-10-5-3-2-4-6-10)11(17,18)12(19,20)13(21,22)14(23,24)15(25,26)16(27,28)29/h3-6,9H,7-8H2,1H3.